The van der Waals surface area contributed by atoms with Crippen LogP contribution in [-0.2, 0) is 18.4 Å². The van der Waals surface area contributed by atoms with Crippen molar-refractivity contribution < 1.29 is 13.6 Å². The first-order valence-corrected chi connectivity index (χ1v) is 7.12. The van der Waals surface area contributed by atoms with Gasteiger partial charge in [0, 0.05) is 43.7 Å². The van der Waals surface area contributed by atoms with Crippen molar-refractivity contribution in [2.75, 3.05) is 0 Å². The lowest BCUT2D eigenvalue weighted by atomic mass is 9.91. The molecule has 4 nitrogen and oxygen atoms in total. The highest BCUT2D eigenvalue weighted by atomic mass is 19.3. The molecule has 1 saturated carbocycles. The molecule has 0 spiro atoms. The maximum absolute atomic E-state index is 13.3. The lowest BCUT2D eigenvalue weighted by Gasteiger charge is -2.36. The number of carbonyl (C=O) groups excluding carboxylic acids is 1. The Morgan fingerprint density at radius 1 is 1.57 bits per heavy atom. The van der Waals surface area contributed by atoms with E-state index in [9.17, 15) is 13.6 Å². The Balaban J connectivity index is 2.14. The largest absolute Gasteiger partial charge is 0.332 e. The Bertz CT molecular complexity index is 529. The number of amides is 1. The van der Waals surface area contributed by atoms with Gasteiger partial charge in [0.2, 0.25) is 11.8 Å². The molecule has 0 radical (unpaired) electrons. The molecule has 1 amide bonds. The molecule has 0 atom stereocenters. The average molecular weight is 297 g/mol. The van der Waals surface area contributed by atoms with E-state index in [0.717, 1.165) is 11.3 Å². The molecule has 1 fully saturated rings. The number of halogens is 2. The van der Waals surface area contributed by atoms with E-state index in [4.69, 9.17) is 0 Å². The van der Waals surface area contributed by atoms with E-state index < -0.39 is 5.92 Å². The molecule has 2 rings (SSSR count). The van der Waals surface area contributed by atoms with Gasteiger partial charge in [-0.05, 0) is 25.8 Å². The van der Waals surface area contributed by atoms with Crippen molar-refractivity contribution in [3.05, 3.63) is 30.1 Å². The van der Waals surface area contributed by atoms with Gasteiger partial charge >= 0.3 is 0 Å². The number of aromatic nitrogens is 2. The first-order chi connectivity index (χ1) is 9.84. The van der Waals surface area contributed by atoms with Crippen LogP contribution in [0, 0.1) is 6.92 Å². The van der Waals surface area contributed by atoms with Crippen LogP contribution in [0.5, 0.6) is 0 Å². The van der Waals surface area contributed by atoms with Crippen LogP contribution >= 0.6 is 0 Å². The Morgan fingerprint density at radius 3 is 2.67 bits per heavy atom. The van der Waals surface area contributed by atoms with E-state index in [1.165, 1.54) is 6.08 Å². The van der Waals surface area contributed by atoms with Crippen molar-refractivity contribution in [3.63, 3.8) is 0 Å². The minimum Gasteiger partial charge on any atom is -0.332 e. The third kappa shape index (κ3) is 3.49. The molecule has 1 aliphatic rings. The van der Waals surface area contributed by atoms with Crippen molar-refractivity contribution in [1.82, 2.24) is 14.7 Å². The van der Waals surface area contributed by atoms with Gasteiger partial charge in [0.05, 0.1) is 6.20 Å². The van der Waals surface area contributed by atoms with Crippen LogP contribution < -0.4 is 0 Å². The summed E-state index contributed by atoms with van der Waals surface area (Å²) in [4.78, 5) is 13.7. The summed E-state index contributed by atoms with van der Waals surface area (Å²) in [5.74, 6) is -2.81. The van der Waals surface area contributed by atoms with Gasteiger partial charge in [0.15, 0.2) is 0 Å². The highest BCUT2D eigenvalue weighted by Crippen LogP contribution is 2.35. The molecule has 1 aromatic rings. The quantitative estimate of drug-likeness (QED) is 0.802. The van der Waals surface area contributed by atoms with E-state index in [2.05, 4.69) is 11.7 Å². The lowest BCUT2D eigenvalue weighted by Crippen LogP contribution is -2.43. The number of aryl methyl sites for hydroxylation is 1. The van der Waals surface area contributed by atoms with Crippen molar-refractivity contribution >= 4 is 5.91 Å². The van der Waals surface area contributed by atoms with Crippen molar-refractivity contribution in [2.24, 2.45) is 7.05 Å². The van der Waals surface area contributed by atoms with E-state index in [1.807, 2.05) is 14.0 Å². The first kappa shape index (κ1) is 15.7. The Hall–Kier alpha value is -1.72. The van der Waals surface area contributed by atoms with E-state index in [-0.39, 0.29) is 24.8 Å². The second-order valence-corrected chi connectivity index (χ2v) is 5.64. The SMILES string of the molecule is C=CC(=O)N(Cc1cnn(C)c1C)C1CCC(F)(F)CC1. The second-order valence-electron chi connectivity index (χ2n) is 5.64. The lowest BCUT2D eigenvalue weighted by molar-refractivity contribution is -0.132. The van der Waals surface area contributed by atoms with Crippen LogP contribution in [0.1, 0.15) is 36.9 Å². The zero-order chi connectivity index (χ0) is 15.6. The number of carbonyl (C=O) groups is 1. The molecule has 1 heterocycles. The van der Waals surface area contributed by atoms with Gasteiger partial charge in [-0.1, -0.05) is 6.58 Å². The number of nitrogens with zero attached hydrogens (tertiary/aromatic N) is 3. The summed E-state index contributed by atoms with van der Waals surface area (Å²) >= 11 is 0. The van der Waals surface area contributed by atoms with Crippen LogP contribution in [0.3, 0.4) is 0 Å². The molecule has 0 aliphatic heterocycles. The smallest absolute Gasteiger partial charge is 0.248 e. The van der Waals surface area contributed by atoms with Gasteiger partial charge in [-0.2, -0.15) is 5.10 Å². The fraction of sp³-hybridized carbons (Fsp3) is 0.600. The Labute approximate surface area is 123 Å². The molecule has 0 saturated heterocycles. The molecule has 0 N–H and O–H groups in total. The maximum atomic E-state index is 13.3. The van der Waals surface area contributed by atoms with E-state index in [0.29, 0.717) is 19.4 Å². The predicted octanol–water partition coefficient (Wildman–Crippen LogP) is 2.82. The van der Waals surface area contributed by atoms with Gasteiger partial charge in [-0.15, -0.1) is 0 Å². The average Bonchev–Trinajstić information content (AvgIpc) is 2.76. The summed E-state index contributed by atoms with van der Waals surface area (Å²) in [6.07, 6.45) is 3.29. The van der Waals surface area contributed by atoms with Crippen molar-refractivity contribution in [3.8, 4) is 0 Å². The molecule has 0 unspecified atom stereocenters. The van der Waals surface area contributed by atoms with E-state index in [1.54, 1.807) is 15.8 Å². The second kappa shape index (κ2) is 5.95. The van der Waals surface area contributed by atoms with Gasteiger partial charge in [0.1, 0.15) is 0 Å². The fourth-order valence-electron chi connectivity index (χ4n) is 2.72. The molecule has 1 aliphatic carbocycles. The Kier molecular flexibility index (Phi) is 4.44. The van der Waals surface area contributed by atoms with Crippen LogP contribution in [0.4, 0.5) is 8.78 Å². The van der Waals surface area contributed by atoms with Gasteiger partial charge in [0.25, 0.3) is 0 Å². The summed E-state index contributed by atoms with van der Waals surface area (Å²) in [6.45, 7) is 5.83. The number of rotatable bonds is 4. The summed E-state index contributed by atoms with van der Waals surface area (Å²) in [5.41, 5.74) is 1.91. The van der Waals surface area contributed by atoms with Crippen LogP contribution in [0.25, 0.3) is 0 Å². The standard InChI is InChI=1S/C15H21F2N3O/c1-4-14(21)20(10-12-9-18-19(3)11(12)2)13-5-7-15(16,17)8-6-13/h4,9,13H,1,5-8,10H2,2-3H3. The minimum atomic E-state index is -2.59. The summed E-state index contributed by atoms with van der Waals surface area (Å²) in [5, 5.41) is 4.16. The number of hydrogen-bond acceptors (Lipinski definition) is 2. The normalized spacial score (nSPS) is 18.5. The summed E-state index contributed by atoms with van der Waals surface area (Å²) in [7, 11) is 1.83. The molecule has 6 heteroatoms. The first-order valence-electron chi connectivity index (χ1n) is 7.12. The highest BCUT2D eigenvalue weighted by Gasteiger charge is 2.37. The van der Waals surface area contributed by atoms with Gasteiger partial charge in [-0.25, -0.2) is 8.78 Å². The molecule has 21 heavy (non-hydrogen) atoms. The fourth-order valence-corrected chi connectivity index (χ4v) is 2.72. The summed E-state index contributed by atoms with van der Waals surface area (Å²) in [6, 6.07) is -0.158. The highest BCUT2D eigenvalue weighted by molar-refractivity contribution is 5.87. The van der Waals surface area contributed by atoms with Crippen LogP contribution in [-0.4, -0.2) is 32.6 Å². The molecular formula is C15H21F2N3O. The maximum Gasteiger partial charge on any atom is 0.248 e. The third-order valence-electron chi connectivity index (χ3n) is 4.26. The third-order valence-corrected chi connectivity index (χ3v) is 4.26. The molecule has 0 bridgehead atoms. The summed E-state index contributed by atoms with van der Waals surface area (Å²) < 4.78 is 28.3. The Morgan fingerprint density at radius 2 is 2.19 bits per heavy atom. The van der Waals surface area contributed by atoms with Gasteiger partial charge in [-0.3, -0.25) is 9.48 Å². The zero-order valence-electron chi connectivity index (χ0n) is 12.5. The van der Waals surface area contributed by atoms with Gasteiger partial charge < -0.3 is 4.90 Å². The topological polar surface area (TPSA) is 38.1 Å². The zero-order valence-corrected chi connectivity index (χ0v) is 12.5. The molecular weight excluding hydrogens is 276 g/mol. The molecule has 1 aromatic heterocycles. The molecule has 0 aromatic carbocycles. The van der Waals surface area contributed by atoms with Crippen molar-refractivity contribution in [1.29, 1.82) is 0 Å². The predicted molar refractivity (Wildman–Crippen MR) is 75.9 cm³/mol. The minimum absolute atomic E-state index is 0.158. The van der Waals surface area contributed by atoms with Crippen LogP contribution in [0.15, 0.2) is 18.9 Å². The monoisotopic (exact) mass is 297 g/mol. The number of hydrogen-bond donors (Lipinski definition) is 0. The number of alkyl halides is 2. The van der Waals surface area contributed by atoms with Crippen LogP contribution in [0.2, 0.25) is 0 Å². The van der Waals surface area contributed by atoms with E-state index >= 15 is 0 Å². The molecule has 116 valence electrons. The van der Waals surface area contributed by atoms with Crippen molar-refractivity contribution in [2.45, 2.75) is 51.1 Å².